The molecule has 2 atom stereocenters. The van der Waals surface area contributed by atoms with Crippen molar-refractivity contribution in [2.45, 2.75) is 25.7 Å². The Morgan fingerprint density at radius 3 is 2.77 bits per heavy atom. The smallest absolute Gasteiger partial charge is 0.307 e. The van der Waals surface area contributed by atoms with E-state index in [2.05, 4.69) is 4.90 Å². The molecule has 6 nitrogen and oxygen atoms in total. The van der Waals surface area contributed by atoms with Gasteiger partial charge in [0.2, 0.25) is 6.79 Å². The second-order valence-corrected chi connectivity index (χ2v) is 7.89. The summed E-state index contributed by atoms with van der Waals surface area (Å²) in [6.07, 6.45) is 1.30. The van der Waals surface area contributed by atoms with Crippen LogP contribution >= 0.6 is 0 Å². The number of hydrogen-bond acceptors (Lipinski definition) is 6. The zero-order valence-electron chi connectivity index (χ0n) is 17.7. The fourth-order valence-corrected chi connectivity index (χ4v) is 4.28. The van der Waals surface area contributed by atoms with Crippen molar-refractivity contribution in [2.24, 2.45) is 5.92 Å². The lowest BCUT2D eigenvalue weighted by Gasteiger charge is -2.38. The molecule has 0 aromatic heterocycles. The first-order valence-electron chi connectivity index (χ1n) is 10.8. The Morgan fingerprint density at radius 2 is 1.97 bits per heavy atom. The van der Waals surface area contributed by atoms with Crippen molar-refractivity contribution in [3.05, 3.63) is 53.8 Å². The lowest BCUT2D eigenvalue weighted by molar-refractivity contribution is -0.143. The lowest BCUT2D eigenvalue weighted by Crippen LogP contribution is -2.42. The Kier molecular flexibility index (Phi) is 6.92. The highest BCUT2D eigenvalue weighted by Crippen LogP contribution is 2.37. The number of halogens is 1. The van der Waals surface area contributed by atoms with Gasteiger partial charge in [0.25, 0.3) is 0 Å². The molecule has 0 N–H and O–H groups in total. The van der Waals surface area contributed by atoms with Crippen molar-refractivity contribution in [1.82, 2.24) is 4.90 Å². The van der Waals surface area contributed by atoms with E-state index in [1.807, 2.05) is 37.3 Å². The summed E-state index contributed by atoms with van der Waals surface area (Å²) in [5.41, 5.74) is 1.12. The van der Waals surface area contributed by atoms with Gasteiger partial charge in [-0.3, -0.25) is 4.79 Å². The number of benzene rings is 2. The summed E-state index contributed by atoms with van der Waals surface area (Å²) < 4.78 is 35.4. The van der Waals surface area contributed by atoms with Gasteiger partial charge < -0.3 is 23.8 Å². The number of piperidine rings is 1. The minimum absolute atomic E-state index is 0.170. The van der Waals surface area contributed by atoms with Crippen molar-refractivity contribution in [3.63, 3.8) is 0 Å². The predicted octanol–water partition coefficient (Wildman–Crippen LogP) is 3.99. The molecular formula is C24H28FNO5. The van der Waals surface area contributed by atoms with Crippen LogP contribution in [0.5, 0.6) is 17.2 Å². The standard InChI is InChI=1S/C24H28FNO5/c1-2-28-24(27)10-12-26-11-9-21(17-3-5-19(25)6-4-17)18(14-26)15-29-20-7-8-22-23(13-20)31-16-30-22/h3-8,13,18,21H,2,9-12,14-16H2,1H3/t18-,21-/m1/s1. The first-order valence-corrected chi connectivity index (χ1v) is 10.8. The Hall–Kier alpha value is -2.80. The maximum absolute atomic E-state index is 13.4. The molecule has 0 bridgehead atoms. The van der Waals surface area contributed by atoms with Crippen molar-refractivity contribution >= 4 is 5.97 Å². The maximum Gasteiger partial charge on any atom is 0.307 e. The summed E-state index contributed by atoms with van der Waals surface area (Å²) in [5, 5.41) is 0. The SMILES string of the molecule is CCOC(=O)CCN1CC[C@H](c2ccc(F)cc2)[C@@H](COc2ccc3c(c2)OCO3)C1. The number of ether oxygens (including phenoxy) is 4. The Bertz CT molecular complexity index is 888. The molecular weight excluding hydrogens is 401 g/mol. The molecule has 2 aliphatic rings. The molecule has 0 unspecified atom stereocenters. The molecule has 0 saturated carbocycles. The van der Waals surface area contributed by atoms with Gasteiger partial charge in [-0.15, -0.1) is 0 Å². The highest BCUT2D eigenvalue weighted by molar-refractivity contribution is 5.69. The summed E-state index contributed by atoms with van der Waals surface area (Å²) in [5.74, 6) is 2.19. The molecule has 31 heavy (non-hydrogen) atoms. The lowest BCUT2D eigenvalue weighted by atomic mass is 9.80. The largest absolute Gasteiger partial charge is 0.493 e. The Morgan fingerprint density at radius 1 is 1.16 bits per heavy atom. The van der Waals surface area contributed by atoms with E-state index in [9.17, 15) is 9.18 Å². The fourth-order valence-electron chi connectivity index (χ4n) is 4.28. The van der Waals surface area contributed by atoms with Gasteiger partial charge in [-0.05, 0) is 55.6 Å². The summed E-state index contributed by atoms with van der Waals surface area (Å²) >= 11 is 0. The third kappa shape index (κ3) is 5.47. The van der Waals surface area contributed by atoms with E-state index in [1.165, 1.54) is 12.1 Å². The van der Waals surface area contributed by atoms with E-state index in [-0.39, 0.29) is 30.4 Å². The highest BCUT2D eigenvalue weighted by atomic mass is 19.1. The molecule has 166 valence electrons. The molecule has 0 amide bonds. The number of esters is 1. The number of fused-ring (bicyclic) bond motifs is 1. The van der Waals surface area contributed by atoms with E-state index >= 15 is 0 Å². The van der Waals surface area contributed by atoms with E-state index in [1.54, 1.807) is 0 Å². The van der Waals surface area contributed by atoms with E-state index in [0.717, 1.165) is 36.6 Å². The van der Waals surface area contributed by atoms with Crippen LogP contribution in [0.15, 0.2) is 42.5 Å². The minimum Gasteiger partial charge on any atom is -0.493 e. The van der Waals surface area contributed by atoms with Gasteiger partial charge in [-0.1, -0.05) is 12.1 Å². The first-order chi connectivity index (χ1) is 15.1. The average Bonchev–Trinajstić information content (AvgIpc) is 3.25. The number of nitrogens with zero attached hydrogens (tertiary/aromatic N) is 1. The first kappa shape index (κ1) is 21.4. The summed E-state index contributed by atoms with van der Waals surface area (Å²) in [6.45, 7) is 5.29. The highest BCUT2D eigenvalue weighted by Gasteiger charge is 2.31. The molecule has 2 aromatic rings. The number of carbonyl (C=O) groups is 1. The van der Waals surface area contributed by atoms with Crippen LogP contribution in [0.4, 0.5) is 4.39 Å². The van der Waals surface area contributed by atoms with Crippen molar-refractivity contribution in [2.75, 3.05) is 39.6 Å². The maximum atomic E-state index is 13.4. The number of likely N-dealkylation sites (tertiary alicyclic amines) is 1. The zero-order chi connectivity index (χ0) is 21.6. The minimum atomic E-state index is -0.233. The molecule has 0 aliphatic carbocycles. The second-order valence-electron chi connectivity index (χ2n) is 7.89. The van der Waals surface area contributed by atoms with E-state index in [4.69, 9.17) is 18.9 Å². The van der Waals surface area contributed by atoms with Crippen molar-refractivity contribution in [3.8, 4) is 17.2 Å². The molecule has 2 aromatic carbocycles. The monoisotopic (exact) mass is 429 g/mol. The molecule has 1 fully saturated rings. The van der Waals surface area contributed by atoms with Crippen LogP contribution < -0.4 is 14.2 Å². The normalized spacial score (nSPS) is 20.5. The van der Waals surface area contributed by atoms with Crippen LogP contribution in [0.1, 0.15) is 31.2 Å². The van der Waals surface area contributed by atoms with Crippen LogP contribution in [-0.4, -0.2) is 50.5 Å². The number of carbonyl (C=O) groups excluding carboxylic acids is 1. The second kappa shape index (κ2) is 10.0. The summed E-state index contributed by atoms with van der Waals surface area (Å²) in [4.78, 5) is 14.0. The number of rotatable bonds is 8. The molecule has 2 heterocycles. The summed E-state index contributed by atoms with van der Waals surface area (Å²) in [7, 11) is 0. The van der Waals surface area contributed by atoms with Crippen LogP contribution in [-0.2, 0) is 9.53 Å². The molecule has 1 saturated heterocycles. The van der Waals surface area contributed by atoms with Gasteiger partial charge in [0.1, 0.15) is 11.6 Å². The Balaban J connectivity index is 1.43. The number of hydrogen-bond donors (Lipinski definition) is 0. The summed E-state index contributed by atoms with van der Waals surface area (Å²) in [6, 6.07) is 12.3. The van der Waals surface area contributed by atoms with Gasteiger partial charge in [-0.25, -0.2) is 4.39 Å². The van der Waals surface area contributed by atoms with E-state index < -0.39 is 0 Å². The topological polar surface area (TPSA) is 57.2 Å². The van der Waals surface area contributed by atoms with Crippen molar-refractivity contribution in [1.29, 1.82) is 0 Å². The van der Waals surface area contributed by atoms with Crippen LogP contribution in [0.25, 0.3) is 0 Å². The van der Waals surface area contributed by atoms with Gasteiger partial charge in [0, 0.05) is 25.1 Å². The average molecular weight is 429 g/mol. The van der Waals surface area contributed by atoms with Gasteiger partial charge in [0.15, 0.2) is 11.5 Å². The fraction of sp³-hybridized carbons (Fsp3) is 0.458. The third-order valence-corrected chi connectivity index (χ3v) is 5.86. The third-order valence-electron chi connectivity index (χ3n) is 5.86. The quantitative estimate of drug-likeness (QED) is 0.592. The van der Waals surface area contributed by atoms with E-state index in [0.29, 0.717) is 31.9 Å². The van der Waals surface area contributed by atoms with Gasteiger partial charge in [0.05, 0.1) is 19.6 Å². The molecule has 2 aliphatic heterocycles. The molecule has 4 rings (SSSR count). The van der Waals surface area contributed by atoms with Crippen LogP contribution in [0, 0.1) is 11.7 Å². The van der Waals surface area contributed by atoms with Gasteiger partial charge in [-0.2, -0.15) is 0 Å². The van der Waals surface area contributed by atoms with Crippen molar-refractivity contribution < 1.29 is 28.1 Å². The predicted molar refractivity (Wildman–Crippen MR) is 113 cm³/mol. The van der Waals surface area contributed by atoms with Gasteiger partial charge >= 0.3 is 5.97 Å². The van der Waals surface area contributed by atoms with Crippen LogP contribution in [0.2, 0.25) is 0 Å². The molecule has 0 spiro atoms. The molecule has 0 radical (unpaired) electrons. The zero-order valence-corrected chi connectivity index (χ0v) is 17.7. The molecule has 7 heteroatoms. The van der Waals surface area contributed by atoms with Crippen LogP contribution in [0.3, 0.4) is 0 Å². The Labute approximate surface area is 181 Å².